The summed E-state index contributed by atoms with van der Waals surface area (Å²) in [5.41, 5.74) is 8.37. The normalized spacial score (nSPS) is 14.1. The van der Waals surface area contributed by atoms with Gasteiger partial charge < -0.3 is 16.0 Å². The number of anilines is 2. The van der Waals surface area contributed by atoms with Crippen LogP contribution in [0.5, 0.6) is 0 Å². The number of nitrogens with zero attached hydrogens (tertiary/aromatic N) is 4. The van der Waals surface area contributed by atoms with E-state index in [1.807, 2.05) is 59.5 Å². The van der Waals surface area contributed by atoms with E-state index in [4.69, 9.17) is 17.3 Å². The third-order valence-electron chi connectivity index (χ3n) is 5.74. The summed E-state index contributed by atoms with van der Waals surface area (Å²) >= 11 is 5.97. The van der Waals surface area contributed by atoms with Crippen LogP contribution in [-0.2, 0) is 4.79 Å². The van der Waals surface area contributed by atoms with Gasteiger partial charge in [-0.2, -0.15) is 0 Å². The Morgan fingerprint density at radius 2 is 1.68 bits per heavy atom. The summed E-state index contributed by atoms with van der Waals surface area (Å²) in [6, 6.07) is 16.6. The van der Waals surface area contributed by atoms with Crippen LogP contribution in [-0.4, -0.2) is 64.3 Å². The second kappa shape index (κ2) is 11.1. The molecule has 1 aromatic heterocycles. The summed E-state index contributed by atoms with van der Waals surface area (Å²) in [5, 5.41) is 3.87. The number of hydrogen-bond donors (Lipinski definition) is 2. The maximum atomic E-state index is 12.9. The van der Waals surface area contributed by atoms with Crippen LogP contribution in [0.3, 0.4) is 0 Å². The van der Waals surface area contributed by atoms with E-state index in [0.29, 0.717) is 36.0 Å². The smallest absolute Gasteiger partial charge is 0.253 e. The molecule has 2 aromatic carbocycles. The van der Waals surface area contributed by atoms with Crippen LogP contribution in [0.2, 0.25) is 5.02 Å². The van der Waals surface area contributed by atoms with Gasteiger partial charge in [0.05, 0.1) is 5.69 Å². The average Bonchev–Trinajstić information content (AvgIpc) is 2.85. The standard InChI is InChI=1S/C25H27ClN6O2/c26-20-7-3-18(4-8-20)22-11-12-28-25(30-22)29-21-9-5-19(6-10-21)24(34)32-16-14-31(15-17-32)13-1-2-23(27)33/h3-12H,1-2,13-17H2,(H2,27,33)(H,28,29,30). The number of hydrogen-bond acceptors (Lipinski definition) is 6. The van der Waals surface area contributed by atoms with Crippen molar-refractivity contribution in [3.8, 4) is 11.3 Å². The molecule has 0 atom stereocenters. The van der Waals surface area contributed by atoms with Gasteiger partial charge in [0.2, 0.25) is 11.9 Å². The third-order valence-corrected chi connectivity index (χ3v) is 5.99. The van der Waals surface area contributed by atoms with E-state index in [-0.39, 0.29) is 11.8 Å². The van der Waals surface area contributed by atoms with Gasteiger partial charge in [-0.05, 0) is 55.4 Å². The summed E-state index contributed by atoms with van der Waals surface area (Å²) in [4.78, 5) is 36.8. The van der Waals surface area contributed by atoms with Gasteiger partial charge in [0, 0.05) is 60.6 Å². The predicted molar refractivity (Wildman–Crippen MR) is 133 cm³/mol. The Morgan fingerprint density at radius 3 is 2.35 bits per heavy atom. The van der Waals surface area contributed by atoms with Crippen molar-refractivity contribution in [2.45, 2.75) is 12.8 Å². The van der Waals surface area contributed by atoms with Crippen molar-refractivity contribution in [2.24, 2.45) is 5.73 Å². The number of nitrogens with one attached hydrogen (secondary N) is 1. The molecule has 0 unspecified atom stereocenters. The molecule has 2 heterocycles. The molecule has 4 rings (SSSR count). The van der Waals surface area contributed by atoms with Crippen LogP contribution in [0.4, 0.5) is 11.6 Å². The van der Waals surface area contributed by atoms with Crippen molar-refractivity contribution < 1.29 is 9.59 Å². The summed E-state index contributed by atoms with van der Waals surface area (Å²) < 4.78 is 0. The fourth-order valence-corrected chi connectivity index (χ4v) is 3.99. The number of carbonyl (C=O) groups excluding carboxylic acids is 2. The maximum absolute atomic E-state index is 12.9. The van der Waals surface area contributed by atoms with Gasteiger partial charge in [-0.3, -0.25) is 14.5 Å². The zero-order chi connectivity index (χ0) is 23.9. The number of aromatic nitrogens is 2. The van der Waals surface area contributed by atoms with Crippen molar-refractivity contribution in [2.75, 3.05) is 38.0 Å². The van der Waals surface area contributed by atoms with Crippen molar-refractivity contribution in [3.63, 3.8) is 0 Å². The summed E-state index contributed by atoms with van der Waals surface area (Å²) in [6.45, 7) is 3.75. The maximum Gasteiger partial charge on any atom is 0.253 e. The minimum absolute atomic E-state index is 0.0179. The number of piperazine rings is 1. The minimum atomic E-state index is -0.271. The largest absolute Gasteiger partial charge is 0.370 e. The number of halogens is 1. The molecule has 0 radical (unpaired) electrons. The number of benzene rings is 2. The molecule has 2 amide bonds. The van der Waals surface area contributed by atoms with Crippen LogP contribution in [0.1, 0.15) is 23.2 Å². The molecule has 0 spiro atoms. The van der Waals surface area contributed by atoms with Gasteiger partial charge in [0.15, 0.2) is 0 Å². The number of primary amides is 1. The summed E-state index contributed by atoms with van der Waals surface area (Å²) in [7, 11) is 0. The van der Waals surface area contributed by atoms with Gasteiger partial charge in [0.25, 0.3) is 5.91 Å². The molecule has 1 fully saturated rings. The zero-order valence-corrected chi connectivity index (χ0v) is 19.5. The Morgan fingerprint density at radius 1 is 0.971 bits per heavy atom. The van der Waals surface area contributed by atoms with Crippen molar-refractivity contribution >= 4 is 35.1 Å². The first-order chi connectivity index (χ1) is 16.5. The van der Waals surface area contributed by atoms with E-state index in [2.05, 4.69) is 20.2 Å². The first kappa shape index (κ1) is 23.7. The van der Waals surface area contributed by atoms with Gasteiger partial charge in [-0.25, -0.2) is 9.97 Å². The Balaban J connectivity index is 1.32. The lowest BCUT2D eigenvalue weighted by Crippen LogP contribution is -2.48. The van der Waals surface area contributed by atoms with E-state index in [9.17, 15) is 9.59 Å². The Kier molecular flexibility index (Phi) is 7.72. The third kappa shape index (κ3) is 6.30. The molecule has 0 saturated carbocycles. The van der Waals surface area contributed by atoms with E-state index in [1.54, 1.807) is 6.20 Å². The van der Waals surface area contributed by atoms with Crippen LogP contribution < -0.4 is 11.1 Å². The Bertz CT molecular complexity index is 1130. The molecule has 1 saturated heterocycles. The van der Waals surface area contributed by atoms with Crippen molar-refractivity contribution in [3.05, 3.63) is 71.4 Å². The van der Waals surface area contributed by atoms with E-state index < -0.39 is 0 Å². The van der Waals surface area contributed by atoms with Crippen molar-refractivity contribution in [1.29, 1.82) is 0 Å². The number of nitrogens with two attached hydrogens (primary N) is 1. The van der Waals surface area contributed by atoms with Gasteiger partial charge in [-0.1, -0.05) is 23.7 Å². The molecule has 1 aliphatic heterocycles. The van der Waals surface area contributed by atoms with Crippen LogP contribution in [0.15, 0.2) is 60.8 Å². The van der Waals surface area contributed by atoms with E-state index >= 15 is 0 Å². The molecule has 9 heteroatoms. The molecule has 176 valence electrons. The number of carbonyl (C=O) groups is 2. The summed E-state index contributed by atoms with van der Waals surface area (Å²) in [6.07, 6.45) is 2.85. The van der Waals surface area contributed by atoms with E-state index in [1.165, 1.54) is 0 Å². The molecule has 8 nitrogen and oxygen atoms in total. The molecule has 34 heavy (non-hydrogen) atoms. The quantitative estimate of drug-likeness (QED) is 0.513. The highest BCUT2D eigenvalue weighted by atomic mass is 35.5. The minimum Gasteiger partial charge on any atom is -0.370 e. The topological polar surface area (TPSA) is 104 Å². The van der Waals surface area contributed by atoms with Gasteiger partial charge >= 0.3 is 0 Å². The predicted octanol–water partition coefficient (Wildman–Crippen LogP) is 3.56. The van der Waals surface area contributed by atoms with Crippen molar-refractivity contribution in [1.82, 2.24) is 19.8 Å². The lowest BCUT2D eigenvalue weighted by Gasteiger charge is -2.34. The Labute approximate surface area is 203 Å². The fraction of sp³-hybridized carbons (Fsp3) is 0.280. The molecule has 1 aliphatic rings. The van der Waals surface area contributed by atoms with Crippen LogP contribution in [0.25, 0.3) is 11.3 Å². The van der Waals surface area contributed by atoms with Gasteiger partial charge in [-0.15, -0.1) is 0 Å². The first-order valence-electron chi connectivity index (χ1n) is 11.2. The summed E-state index contributed by atoms with van der Waals surface area (Å²) in [5.74, 6) is 0.218. The Hall–Kier alpha value is -3.49. The zero-order valence-electron chi connectivity index (χ0n) is 18.8. The number of amides is 2. The molecular weight excluding hydrogens is 452 g/mol. The lowest BCUT2D eigenvalue weighted by molar-refractivity contribution is -0.118. The highest BCUT2D eigenvalue weighted by molar-refractivity contribution is 6.30. The second-order valence-electron chi connectivity index (χ2n) is 8.18. The molecule has 0 aliphatic carbocycles. The number of rotatable bonds is 8. The molecular formula is C25H27ClN6O2. The average molecular weight is 479 g/mol. The lowest BCUT2D eigenvalue weighted by atomic mass is 10.1. The second-order valence-corrected chi connectivity index (χ2v) is 8.61. The SMILES string of the molecule is NC(=O)CCCN1CCN(C(=O)c2ccc(Nc3nccc(-c4ccc(Cl)cc4)n3)cc2)CC1. The van der Waals surface area contributed by atoms with E-state index in [0.717, 1.165) is 43.0 Å². The first-order valence-corrected chi connectivity index (χ1v) is 11.6. The molecule has 3 N–H and O–H groups in total. The molecule has 0 bridgehead atoms. The molecule has 3 aromatic rings. The highest BCUT2D eigenvalue weighted by Gasteiger charge is 2.22. The fourth-order valence-electron chi connectivity index (χ4n) is 3.86. The van der Waals surface area contributed by atoms with Crippen LogP contribution in [0, 0.1) is 0 Å². The van der Waals surface area contributed by atoms with Crippen LogP contribution >= 0.6 is 11.6 Å². The highest BCUT2D eigenvalue weighted by Crippen LogP contribution is 2.22. The monoisotopic (exact) mass is 478 g/mol. The van der Waals surface area contributed by atoms with Gasteiger partial charge in [0.1, 0.15) is 0 Å².